The molecule has 0 amide bonds. The predicted octanol–water partition coefficient (Wildman–Crippen LogP) is 4.26. The number of halogens is 5. The first kappa shape index (κ1) is 22.3. The number of fused-ring (bicyclic) bond motifs is 1. The van der Waals surface area contributed by atoms with Gasteiger partial charge >= 0.3 is 6.18 Å². The van der Waals surface area contributed by atoms with Crippen LogP contribution in [0.15, 0.2) is 36.5 Å². The summed E-state index contributed by atoms with van der Waals surface area (Å²) in [5, 5.41) is 5.90. The molecule has 2 fully saturated rings. The molecule has 0 spiro atoms. The first-order valence-electron chi connectivity index (χ1n) is 10.3. The normalized spacial score (nSPS) is 21.8. The monoisotopic (exact) mass is 479 g/mol. The van der Waals surface area contributed by atoms with Crippen molar-refractivity contribution < 1.29 is 26.7 Å². The largest absolute Gasteiger partial charge is 0.433 e. The van der Waals surface area contributed by atoms with Crippen LogP contribution in [0.1, 0.15) is 18.3 Å². The van der Waals surface area contributed by atoms with Crippen molar-refractivity contribution in [1.29, 1.82) is 0 Å². The van der Waals surface area contributed by atoms with Gasteiger partial charge < -0.3 is 15.4 Å². The summed E-state index contributed by atoms with van der Waals surface area (Å²) in [4.78, 5) is 20.1. The molecule has 1 saturated heterocycles. The lowest BCUT2D eigenvalue weighted by molar-refractivity contribution is -0.141. The molecule has 2 atom stereocenters. The third kappa shape index (κ3) is 4.60. The number of hydrogen-bond donors (Lipinski definition) is 2. The Morgan fingerprint density at radius 3 is 2.35 bits per heavy atom. The second kappa shape index (κ2) is 8.08. The highest BCUT2D eigenvalue weighted by atomic mass is 19.4. The molecular weight excluding hydrogens is 461 g/mol. The third-order valence-electron chi connectivity index (χ3n) is 5.62. The number of ether oxygens (including phenoxy) is 1. The molecule has 1 aliphatic heterocycles. The number of pyridine rings is 2. The van der Waals surface area contributed by atoms with E-state index in [1.165, 1.54) is 24.3 Å². The minimum absolute atomic E-state index is 0.0155. The summed E-state index contributed by atoms with van der Waals surface area (Å²) in [6.45, 7) is 1.94. The lowest BCUT2D eigenvalue weighted by Gasteiger charge is -2.13. The van der Waals surface area contributed by atoms with E-state index in [0.717, 1.165) is 19.2 Å². The standard InChI is InChI=1S/C21H18F5N7O/c1-20(22,23)14-4-2-3-13(29-14)17-31-18(28-10-5-6-27-15(7-10)21(24,25)26)33-19(32-17)30-16-11-8-34-9-12(11)16/h2-7,11-12,16H,8-9H2,1H3,(H2,27,28,30,31,32,33). The fourth-order valence-electron chi connectivity index (χ4n) is 3.81. The van der Waals surface area contributed by atoms with Gasteiger partial charge in [0.2, 0.25) is 11.9 Å². The van der Waals surface area contributed by atoms with E-state index < -0.39 is 23.5 Å². The van der Waals surface area contributed by atoms with E-state index in [2.05, 4.69) is 35.6 Å². The van der Waals surface area contributed by atoms with Crippen molar-refractivity contribution in [3.8, 4) is 11.5 Å². The van der Waals surface area contributed by atoms with Crippen LogP contribution in [0, 0.1) is 11.8 Å². The summed E-state index contributed by atoms with van der Waals surface area (Å²) in [5.74, 6) is -2.50. The van der Waals surface area contributed by atoms with Crippen LogP contribution in [-0.2, 0) is 16.8 Å². The van der Waals surface area contributed by atoms with Crippen molar-refractivity contribution in [2.24, 2.45) is 11.8 Å². The Hall–Kier alpha value is -3.48. The van der Waals surface area contributed by atoms with E-state index >= 15 is 0 Å². The van der Waals surface area contributed by atoms with Crippen LogP contribution in [0.3, 0.4) is 0 Å². The molecule has 2 N–H and O–H groups in total. The van der Waals surface area contributed by atoms with Gasteiger partial charge in [-0.15, -0.1) is 0 Å². The third-order valence-corrected chi connectivity index (χ3v) is 5.62. The number of rotatable bonds is 6. The van der Waals surface area contributed by atoms with Crippen molar-refractivity contribution in [1.82, 2.24) is 24.9 Å². The van der Waals surface area contributed by atoms with Crippen LogP contribution in [0.2, 0.25) is 0 Å². The SMILES string of the molecule is CC(F)(F)c1cccc(-c2nc(Nc3ccnc(C(F)(F)F)c3)nc(NC3C4COCC43)n2)n1. The minimum atomic E-state index is -4.63. The average molecular weight is 479 g/mol. The molecule has 1 saturated carbocycles. The van der Waals surface area contributed by atoms with E-state index in [1.54, 1.807) is 0 Å². The maximum atomic E-state index is 13.8. The highest BCUT2D eigenvalue weighted by Crippen LogP contribution is 2.45. The van der Waals surface area contributed by atoms with E-state index in [9.17, 15) is 22.0 Å². The summed E-state index contributed by atoms with van der Waals surface area (Å²) in [6, 6.07) is 6.27. The Labute approximate surface area is 190 Å². The number of nitrogens with one attached hydrogen (secondary N) is 2. The van der Waals surface area contributed by atoms with Crippen LogP contribution < -0.4 is 10.6 Å². The molecule has 3 aromatic rings. The van der Waals surface area contributed by atoms with Gasteiger partial charge in [0, 0.05) is 36.7 Å². The van der Waals surface area contributed by atoms with Gasteiger partial charge in [-0.2, -0.15) is 36.9 Å². The second-order valence-electron chi connectivity index (χ2n) is 8.19. The molecule has 34 heavy (non-hydrogen) atoms. The summed E-state index contributed by atoms with van der Waals surface area (Å²) in [7, 11) is 0. The Morgan fingerprint density at radius 2 is 1.65 bits per heavy atom. The lowest BCUT2D eigenvalue weighted by atomic mass is 10.2. The predicted molar refractivity (Wildman–Crippen MR) is 110 cm³/mol. The van der Waals surface area contributed by atoms with Crippen LogP contribution in [0.4, 0.5) is 39.5 Å². The number of hydrogen-bond acceptors (Lipinski definition) is 8. The molecule has 3 aromatic heterocycles. The van der Waals surface area contributed by atoms with Gasteiger partial charge in [0.25, 0.3) is 5.92 Å². The van der Waals surface area contributed by atoms with E-state index in [1.807, 2.05) is 0 Å². The molecule has 2 aliphatic rings. The first-order chi connectivity index (χ1) is 16.1. The van der Waals surface area contributed by atoms with Gasteiger partial charge in [-0.3, -0.25) is 4.98 Å². The number of anilines is 3. The minimum Gasteiger partial charge on any atom is -0.381 e. The Kier molecular flexibility index (Phi) is 5.30. The van der Waals surface area contributed by atoms with Crippen LogP contribution in [0.5, 0.6) is 0 Å². The fraction of sp³-hybridized carbons (Fsp3) is 0.381. The zero-order valence-electron chi connectivity index (χ0n) is 17.6. The highest BCUT2D eigenvalue weighted by molar-refractivity contribution is 5.59. The molecule has 178 valence electrons. The van der Waals surface area contributed by atoms with Gasteiger partial charge in [-0.05, 0) is 24.3 Å². The molecule has 1 aliphatic carbocycles. The molecule has 0 aromatic carbocycles. The van der Waals surface area contributed by atoms with E-state index in [0.29, 0.717) is 25.0 Å². The molecule has 4 heterocycles. The second-order valence-corrected chi connectivity index (χ2v) is 8.19. The highest BCUT2D eigenvalue weighted by Gasteiger charge is 2.54. The molecular formula is C21H18F5N7O. The maximum absolute atomic E-state index is 13.8. The van der Waals surface area contributed by atoms with Crippen molar-refractivity contribution in [2.75, 3.05) is 23.8 Å². The lowest BCUT2D eigenvalue weighted by Crippen LogP contribution is -2.16. The maximum Gasteiger partial charge on any atom is 0.433 e. The van der Waals surface area contributed by atoms with Crippen molar-refractivity contribution >= 4 is 17.6 Å². The number of nitrogens with zero attached hydrogens (tertiary/aromatic N) is 5. The van der Waals surface area contributed by atoms with Crippen LogP contribution in [-0.4, -0.2) is 44.2 Å². The average Bonchev–Trinajstić information content (AvgIpc) is 3.18. The topological polar surface area (TPSA) is 97.7 Å². The summed E-state index contributed by atoms with van der Waals surface area (Å²) < 4.78 is 72.0. The van der Waals surface area contributed by atoms with Gasteiger partial charge in [0.15, 0.2) is 5.82 Å². The molecule has 8 nitrogen and oxygen atoms in total. The smallest absolute Gasteiger partial charge is 0.381 e. The van der Waals surface area contributed by atoms with E-state index in [-0.39, 0.29) is 35.1 Å². The molecule has 0 bridgehead atoms. The molecule has 13 heteroatoms. The van der Waals surface area contributed by atoms with Gasteiger partial charge in [-0.25, -0.2) is 4.98 Å². The van der Waals surface area contributed by atoms with Crippen molar-refractivity contribution in [3.05, 3.63) is 47.9 Å². The van der Waals surface area contributed by atoms with Crippen LogP contribution in [0.25, 0.3) is 11.5 Å². The van der Waals surface area contributed by atoms with Gasteiger partial charge in [0.05, 0.1) is 13.2 Å². The first-order valence-corrected chi connectivity index (χ1v) is 10.3. The molecule has 0 radical (unpaired) electrons. The summed E-state index contributed by atoms with van der Waals surface area (Å²) in [5.41, 5.74) is -1.44. The number of alkyl halides is 5. The van der Waals surface area contributed by atoms with E-state index in [4.69, 9.17) is 4.74 Å². The van der Waals surface area contributed by atoms with Crippen LogP contribution >= 0.6 is 0 Å². The van der Waals surface area contributed by atoms with Gasteiger partial charge in [-0.1, -0.05) is 6.07 Å². The Morgan fingerprint density at radius 1 is 0.912 bits per heavy atom. The fourth-order valence-corrected chi connectivity index (χ4v) is 3.81. The summed E-state index contributed by atoms with van der Waals surface area (Å²) >= 11 is 0. The molecule has 2 unspecified atom stereocenters. The Balaban J connectivity index is 1.49. The number of aromatic nitrogens is 5. The van der Waals surface area contributed by atoms with Gasteiger partial charge in [0.1, 0.15) is 17.1 Å². The zero-order valence-corrected chi connectivity index (χ0v) is 17.6. The van der Waals surface area contributed by atoms with Crippen molar-refractivity contribution in [3.63, 3.8) is 0 Å². The zero-order chi connectivity index (χ0) is 24.1. The molecule has 5 rings (SSSR count). The quantitative estimate of drug-likeness (QED) is 0.507. The van der Waals surface area contributed by atoms with Crippen molar-refractivity contribution in [2.45, 2.75) is 25.1 Å². The summed E-state index contributed by atoms with van der Waals surface area (Å²) in [6.07, 6.45) is -3.62. The Bertz CT molecular complexity index is 1210.